The molecule has 130 valence electrons. The highest BCUT2D eigenvalue weighted by molar-refractivity contribution is 5.90. The van der Waals surface area contributed by atoms with Crippen molar-refractivity contribution < 1.29 is 18.7 Å². The molecule has 1 aliphatic rings. The molecule has 2 aromatic rings. The third-order valence-corrected chi connectivity index (χ3v) is 3.74. The molecule has 1 aromatic heterocycles. The molecule has 3 rings (SSSR count). The van der Waals surface area contributed by atoms with Gasteiger partial charge in [0.1, 0.15) is 11.4 Å². The smallest absolute Gasteiger partial charge is 0.412 e. The molecule has 7 heteroatoms. The second-order valence-corrected chi connectivity index (χ2v) is 6.93. The molecule has 0 aliphatic carbocycles. The molecule has 1 unspecified atom stereocenters. The summed E-state index contributed by atoms with van der Waals surface area (Å²) in [5.41, 5.74) is 0.296. The summed E-state index contributed by atoms with van der Waals surface area (Å²) < 4.78 is 26.9. The van der Waals surface area contributed by atoms with Gasteiger partial charge in [0.25, 0.3) is 0 Å². The summed E-state index contributed by atoms with van der Waals surface area (Å²) in [6, 6.07) is 2.95. The van der Waals surface area contributed by atoms with Gasteiger partial charge in [0, 0.05) is 12.3 Å². The van der Waals surface area contributed by atoms with Crippen molar-refractivity contribution in [2.24, 2.45) is 0 Å². The van der Waals surface area contributed by atoms with E-state index in [1.54, 1.807) is 31.5 Å². The van der Waals surface area contributed by atoms with Crippen LogP contribution in [0.4, 0.5) is 14.9 Å². The summed E-state index contributed by atoms with van der Waals surface area (Å²) in [4.78, 5) is 11.9. The second-order valence-electron chi connectivity index (χ2n) is 6.93. The molecule has 1 N–H and O–H groups in total. The number of anilines is 1. The standard InChI is InChI=1S/C17H22FN3O3/c1-17(2,3)24-16(22)20-11-8-13(18)12-10-19-21(14(12)9-11)15-6-4-5-7-23-15/h8-10,15H,4-7H2,1-3H3,(H,20,22). The quantitative estimate of drug-likeness (QED) is 0.892. The lowest BCUT2D eigenvalue weighted by Crippen LogP contribution is -2.27. The van der Waals surface area contributed by atoms with Crippen molar-refractivity contribution in [3.63, 3.8) is 0 Å². The topological polar surface area (TPSA) is 65.4 Å². The number of nitrogens with zero attached hydrogens (tertiary/aromatic N) is 2. The van der Waals surface area contributed by atoms with Crippen LogP contribution in [0.5, 0.6) is 0 Å². The van der Waals surface area contributed by atoms with Crippen LogP contribution in [-0.4, -0.2) is 28.1 Å². The predicted molar refractivity (Wildman–Crippen MR) is 88.4 cm³/mol. The largest absolute Gasteiger partial charge is 0.444 e. The summed E-state index contributed by atoms with van der Waals surface area (Å²) in [6.45, 7) is 5.98. The number of hydrogen-bond acceptors (Lipinski definition) is 4. The van der Waals surface area contributed by atoms with E-state index in [-0.39, 0.29) is 6.23 Å². The van der Waals surface area contributed by atoms with Crippen molar-refractivity contribution in [2.75, 3.05) is 11.9 Å². The highest BCUT2D eigenvalue weighted by Crippen LogP contribution is 2.29. The first-order valence-corrected chi connectivity index (χ1v) is 8.12. The van der Waals surface area contributed by atoms with E-state index in [1.165, 1.54) is 12.3 Å². The summed E-state index contributed by atoms with van der Waals surface area (Å²) in [7, 11) is 0. The molecule has 0 bridgehead atoms. The monoisotopic (exact) mass is 335 g/mol. The number of ether oxygens (including phenoxy) is 2. The van der Waals surface area contributed by atoms with Gasteiger partial charge in [-0.2, -0.15) is 5.10 Å². The molecule has 1 aromatic carbocycles. The van der Waals surface area contributed by atoms with Crippen LogP contribution >= 0.6 is 0 Å². The molecule has 2 heterocycles. The van der Waals surface area contributed by atoms with Crippen molar-refractivity contribution >= 4 is 22.7 Å². The van der Waals surface area contributed by atoms with Crippen LogP contribution in [0.25, 0.3) is 10.9 Å². The Labute approximate surface area is 139 Å². The first-order chi connectivity index (χ1) is 11.3. The van der Waals surface area contributed by atoms with E-state index in [1.807, 2.05) is 0 Å². The van der Waals surface area contributed by atoms with Gasteiger partial charge in [0.2, 0.25) is 0 Å². The lowest BCUT2D eigenvalue weighted by molar-refractivity contribution is -0.0366. The van der Waals surface area contributed by atoms with Crippen molar-refractivity contribution in [2.45, 2.75) is 51.9 Å². The average molecular weight is 335 g/mol. The van der Waals surface area contributed by atoms with E-state index < -0.39 is 17.5 Å². The van der Waals surface area contributed by atoms with E-state index >= 15 is 0 Å². The Kier molecular flexibility index (Phi) is 4.45. The Balaban J connectivity index is 1.88. The second kappa shape index (κ2) is 6.39. The Morgan fingerprint density at radius 2 is 2.21 bits per heavy atom. The molecule has 1 fully saturated rings. The van der Waals surface area contributed by atoms with E-state index in [9.17, 15) is 9.18 Å². The fraction of sp³-hybridized carbons (Fsp3) is 0.529. The zero-order valence-corrected chi connectivity index (χ0v) is 14.1. The maximum Gasteiger partial charge on any atom is 0.412 e. The number of nitrogens with one attached hydrogen (secondary N) is 1. The molecule has 0 spiro atoms. The lowest BCUT2D eigenvalue weighted by atomic mass is 10.1. The Bertz CT molecular complexity index is 745. The van der Waals surface area contributed by atoms with E-state index in [2.05, 4.69) is 10.4 Å². The zero-order valence-electron chi connectivity index (χ0n) is 14.1. The van der Waals surface area contributed by atoms with Gasteiger partial charge in [-0.15, -0.1) is 0 Å². The Hall–Kier alpha value is -2.15. The minimum Gasteiger partial charge on any atom is -0.444 e. The predicted octanol–water partition coefficient (Wildman–Crippen LogP) is 4.22. The maximum absolute atomic E-state index is 14.3. The number of rotatable bonds is 2. The number of fused-ring (bicyclic) bond motifs is 1. The van der Waals surface area contributed by atoms with Crippen LogP contribution in [0.1, 0.15) is 46.3 Å². The van der Waals surface area contributed by atoms with Crippen LogP contribution in [-0.2, 0) is 9.47 Å². The molecule has 1 amide bonds. The fourth-order valence-electron chi connectivity index (χ4n) is 2.74. The van der Waals surface area contributed by atoms with Crippen LogP contribution < -0.4 is 5.32 Å². The summed E-state index contributed by atoms with van der Waals surface area (Å²) in [5, 5.41) is 7.24. The minimum absolute atomic E-state index is 0.201. The molecule has 6 nitrogen and oxygen atoms in total. The van der Waals surface area contributed by atoms with E-state index in [4.69, 9.17) is 9.47 Å². The normalized spacial score (nSPS) is 18.6. The summed E-state index contributed by atoms with van der Waals surface area (Å²) in [6.07, 6.45) is 3.57. The fourth-order valence-corrected chi connectivity index (χ4v) is 2.74. The number of aromatic nitrogens is 2. The zero-order chi connectivity index (χ0) is 17.3. The van der Waals surface area contributed by atoms with Gasteiger partial charge in [0.15, 0.2) is 6.23 Å². The highest BCUT2D eigenvalue weighted by Gasteiger charge is 2.21. The number of carbonyl (C=O) groups is 1. The number of benzene rings is 1. The third-order valence-electron chi connectivity index (χ3n) is 3.74. The van der Waals surface area contributed by atoms with Gasteiger partial charge >= 0.3 is 6.09 Å². The Morgan fingerprint density at radius 3 is 2.88 bits per heavy atom. The molecule has 1 aliphatic heterocycles. The molecule has 0 saturated carbocycles. The molecule has 1 atom stereocenters. The number of carbonyl (C=O) groups excluding carboxylic acids is 1. The summed E-state index contributed by atoms with van der Waals surface area (Å²) in [5.74, 6) is -0.444. The van der Waals surface area contributed by atoms with Crippen molar-refractivity contribution in [3.05, 3.63) is 24.1 Å². The number of amides is 1. The molecular formula is C17H22FN3O3. The average Bonchev–Trinajstić information content (AvgIpc) is 2.90. The number of halogens is 1. The van der Waals surface area contributed by atoms with Gasteiger partial charge in [-0.3, -0.25) is 5.32 Å². The maximum atomic E-state index is 14.3. The van der Waals surface area contributed by atoms with Crippen molar-refractivity contribution in [1.82, 2.24) is 9.78 Å². The highest BCUT2D eigenvalue weighted by atomic mass is 19.1. The van der Waals surface area contributed by atoms with Gasteiger partial charge in [-0.1, -0.05) is 0 Å². The SMILES string of the molecule is CC(C)(C)OC(=O)Nc1cc(F)c2cnn(C3CCCCO3)c2c1. The number of hydrogen-bond donors (Lipinski definition) is 1. The summed E-state index contributed by atoms with van der Waals surface area (Å²) >= 11 is 0. The van der Waals surface area contributed by atoms with Crippen LogP contribution in [0, 0.1) is 5.82 Å². The third kappa shape index (κ3) is 3.67. The van der Waals surface area contributed by atoms with E-state index in [0.717, 1.165) is 19.3 Å². The van der Waals surface area contributed by atoms with E-state index in [0.29, 0.717) is 23.2 Å². The Morgan fingerprint density at radius 1 is 1.42 bits per heavy atom. The molecule has 0 radical (unpaired) electrons. The first kappa shape index (κ1) is 16.7. The van der Waals surface area contributed by atoms with Gasteiger partial charge in [0.05, 0.1) is 17.1 Å². The van der Waals surface area contributed by atoms with Gasteiger partial charge in [-0.25, -0.2) is 13.9 Å². The minimum atomic E-state index is -0.624. The first-order valence-electron chi connectivity index (χ1n) is 8.12. The molecule has 24 heavy (non-hydrogen) atoms. The van der Waals surface area contributed by atoms with Crippen molar-refractivity contribution in [3.8, 4) is 0 Å². The molecule has 1 saturated heterocycles. The van der Waals surface area contributed by atoms with Crippen LogP contribution in [0.15, 0.2) is 18.3 Å². The molecular weight excluding hydrogens is 313 g/mol. The van der Waals surface area contributed by atoms with Crippen LogP contribution in [0.2, 0.25) is 0 Å². The van der Waals surface area contributed by atoms with Gasteiger partial charge in [-0.05, 0) is 52.2 Å². The lowest BCUT2D eigenvalue weighted by Gasteiger charge is -2.23. The van der Waals surface area contributed by atoms with Gasteiger partial charge < -0.3 is 9.47 Å². The van der Waals surface area contributed by atoms with Crippen LogP contribution in [0.3, 0.4) is 0 Å². The van der Waals surface area contributed by atoms with Crippen molar-refractivity contribution in [1.29, 1.82) is 0 Å².